The summed E-state index contributed by atoms with van der Waals surface area (Å²) >= 11 is 5.10. The number of hydrogen-bond acceptors (Lipinski definition) is 4. The number of H-pyrrole nitrogens is 1. The largest absolute Gasteiger partial charge is 0.396 e. The number of unbranched alkanes of at least 4 members (excludes halogenated alkanes) is 1. The maximum Gasteiger partial charge on any atom is 0.195 e. The number of aryl methyl sites for hydroxylation is 1. The van der Waals surface area contributed by atoms with Gasteiger partial charge in [0.2, 0.25) is 0 Å². The van der Waals surface area contributed by atoms with Crippen molar-refractivity contribution in [3.63, 3.8) is 0 Å². The predicted octanol–water partition coefficient (Wildman–Crippen LogP) is 0.902. The Morgan fingerprint density at radius 1 is 1.53 bits per heavy atom. The van der Waals surface area contributed by atoms with Gasteiger partial charge in [-0.1, -0.05) is 0 Å². The highest BCUT2D eigenvalue weighted by atomic mass is 32.1. The number of hydrogen-bond donors (Lipinski definition) is 2. The Labute approximate surface area is 94.1 Å². The van der Waals surface area contributed by atoms with Crippen LogP contribution in [-0.2, 0) is 17.7 Å². The second-order valence-electron chi connectivity index (χ2n) is 3.27. The van der Waals surface area contributed by atoms with Gasteiger partial charge in [-0.2, -0.15) is 5.10 Å². The molecular weight excluding hydrogens is 214 g/mol. The van der Waals surface area contributed by atoms with Crippen molar-refractivity contribution in [3.8, 4) is 0 Å². The average molecular weight is 231 g/mol. The number of aromatic nitrogens is 3. The summed E-state index contributed by atoms with van der Waals surface area (Å²) in [5.74, 6) is 0.936. The van der Waals surface area contributed by atoms with E-state index in [1.807, 2.05) is 4.57 Å². The van der Waals surface area contributed by atoms with Crippen LogP contribution < -0.4 is 0 Å². The first kappa shape index (κ1) is 12.4. The Bertz CT molecular complexity index is 334. The molecule has 1 aromatic rings. The Hall–Kier alpha value is -0.720. The lowest BCUT2D eigenvalue weighted by Gasteiger charge is -2.05. The van der Waals surface area contributed by atoms with E-state index >= 15 is 0 Å². The SMILES string of the molecule is COCCn1c(CCCCO)n[nH]c1=S. The highest BCUT2D eigenvalue weighted by Gasteiger charge is 2.04. The van der Waals surface area contributed by atoms with Crippen molar-refractivity contribution in [2.45, 2.75) is 25.8 Å². The third kappa shape index (κ3) is 3.73. The number of aromatic amines is 1. The topological polar surface area (TPSA) is 63.1 Å². The normalized spacial score (nSPS) is 10.8. The zero-order valence-electron chi connectivity index (χ0n) is 8.90. The smallest absolute Gasteiger partial charge is 0.195 e. The van der Waals surface area contributed by atoms with Crippen molar-refractivity contribution in [2.75, 3.05) is 20.3 Å². The molecule has 0 bridgehead atoms. The van der Waals surface area contributed by atoms with Crippen molar-refractivity contribution in [3.05, 3.63) is 10.6 Å². The van der Waals surface area contributed by atoms with Gasteiger partial charge >= 0.3 is 0 Å². The van der Waals surface area contributed by atoms with Gasteiger partial charge in [0, 0.05) is 26.7 Å². The third-order valence-corrected chi connectivity index (χ3v) is 2.48. The maximum atomic E-state index is 8.68. The highest BCUT2D eigenvalue weighted by molar-refractivity contribution is 7.71. The van der Waals surface area contributed by atoms with Gasteiger partial charge < -0.3 is 14.4 Å². The Morgan fingerprint density at radius 2 is 2.33 bits per heavy atom. The molecular formula is C9H17N3O2S. The van der Waals surface area contributed by atoms with Gasteiger partial charge in [-0.3, -0.25) is 5.10 Å². The second kappa shape index (κ2) is 6.71. The maximum absolute atomic E-state index is 8.68. The summed E-state index contributed by atoms with van der Waals surface area (Å²) in [7, 11) is 1.66. The number of ether oxygens (including phenoxy) is 1. The quantitative estimate of drug-likeness (QED) is 0.540. The molecule has 0 amide bonds. The van der Waals surface area contributed by atoms with Gasteiger partial charge in [-0.15, -0.1) is 0 Å². The number of aliphatic hydroxyl groups is 1. The van der Waals surface area contributed by atoms with Crippen molar-refractivity contribution >= 4 is 12.2 Å². The molecule has 15 heavy (non-hydrogen) atoms. The standard InChI is InChI=1S/C9H17N3O2S/c1-14-7-5-12-8(4-2-3-6-13)10-11-9(12)15/h13H,2-7H2,1H3,(H,11,15). The first-order valence-electron chi connectivity index (χ1n) is 5.03. The van der Waals surface area contributed by atoms with Gasteiger partial charge in [0.25, 0.3) is 0 Å². The van der Waals surface area contributed by atoms with Crippen LogP contribution in [0.1, 0.15) is 18.7 Å². The fraction of sp³-hybridized carbons (Fsp3) is 0.778. The predicted molar refractivity (Wildman–Crippen MR) is 59.3 cm³/mol. The summed E-state index contributed by atoms with van der Waals surface area (Å²) in [5, 5.41) is 15.6. The second-order valence-corrected chi connectivity index (χ2v) is 3.66. The minimum atomic E-state index is 0.225. The monoisotopic (exact) mass is 231 g/mol. The molecule has 1 aromatic heterocycles. The van der Waals surface area contributed by atoms with Gasteiger partial charge in [0.05, 0.1) is 6.61 Å². The molecule has 0 unspecified atom stereocenters. The molecule has 5 nitrogen and oxygen atoms in total. The van der Waals surface area contributed by atoms with Crippen LogP contribution in [0.15, 0.2) is 0 Å². The lowest BCUT2D eigenvalue weighted by atomic mass is 10.2. The fourth-order valence-corrected chi connectivity index (χ4v) is 1.59. The molecule has 0 aliphatic rings. The van der Waals surface area contributed by atoms with E-state index < -0.39 is 0 Å². The van der Waals surface area contributed by atoms with E-state index in [9.17, 15) is 0 Å². The van der Waals surface area contributed by atoms with Gasteiger partial charge in [0.15, 0.2) is 4.77 Å². The number of nitrogens with one attached hydrogen (secondary N) is 1. The number of nitrogens with zero attached hydrogens (tertiary/aromatic N) is 2. The first-order chi connectivity index (χ1) is 7.29. The van der Waals surface area contributed by atoms with E-state index in [-0.39, 0.29) is 6.61 Å². The van der Waals surface area contributed by atoms with Gasteiger partial charge in [-0.25, -0.2) is 0 Å². The highest BCUT2D eigenvalue weighted by Crippen LogP contribution is 2.03. The van der Waals surface area contributed by atoms with Crippen molar-refractivity contribution in [1.82, 2.24) is 14.8 Å². The summed E-state index contributed by atoms with van der Waals surface area (Å²) in [4.78, 5) is 0. The van der Waals surface area contributed by atoms with Crippen LogP contribution in [0.2, 0.25) is 0 Å². The molecule has 0 fully saturated rings. The molecule has 0 radical (unpaired) electrons. The zero-order valence-corrected chi connectivity index (χ0v) is 9.72. The number of methoxy groups -OCH3 is 1. The van der Waals surface area contributed by atoms with Gasteiger partial charge in [-0.05, 0) is 25.1 Å². The zero-order chi connectivity index (χ0) is 11.1. The average Bonchev–Trinajstić information content (AvgIpc) is 2.58. The fourth-order valence-electron chi connectivity index (χ4n) is 1.35. The summed E-state index contributed by atoms with van der Waals surface area (Å²) in [5.41, 5.74) is 0. The summed E-state index contributed by atoms with van der Waals surface area (Å²) in [6.45, 7) is 1.57. The molecule has 1 rings (SSSR count). The summed E-state index contributed by atoms with van der Waals surface area (Å²) in [6.07, 6.45) is 2.55. The van der Waals surface area contributed by atoms with E-state index in [0.717, 1.165) is 31.6 Å². The van der Waals surface area contributed by atoms with Crippen molar-refractivity contribution in [2.24, 2.45) is 0 Å². The first-order valence-corrected chi connectivity index (χ1v) is 5.44. The molecule has 6 heteroatoms. The van der Waals surface area contributed by atoms with Crippen molar-refractivity contribution < 1.29 is 9.84 Å². The molecule has 2 N–H and O–H groups in total. The molecule has 0 saturated carbocycles. The molecule has 0 spiro atoms. The molecule has 1 heterocycles. The van der Waals surface area contributed by atoms with E-state index in [4.69, 9.17) is 22.1 Å². The number of aliphatic hydroxyl groups excluding tert-OH is 1. The van der Waals surface area contributed by atoms with E-state index in [1.54, 1.807) is 7.11 Å². The van der Waals surface area contributed by atoms with E-state index in [1.165, 1.54) is 0 Å². The molecule has 0 saturated heterocycles. The van der Waals surface area contributed by atoms with Crippen LogP contribution in [0.4, 0.5) is 0 Å². The van der Waals surface area contributed by atoms with Crippen LogP contribution in [0.5, 0.6) is 0 Å². The third-order valence-electron chi connectivity index (χ3n) is 2.16. The van der Waals surface area contributed by atoms with E-state index in [2.05, 4.69) is 10.2 Å². The van der Waals surface area contributed by atoms with Gasteiger partial charge in [0.1, 0.15) is 5.82 Å². The lowest BCUT2D eigenvalue weighted by molar-refractivity contribution is 0.185. The minimum absolute atomic E-state index is 0.225. The van der Waals surface area contributed by atoms with Crippen LogP contribution >= 0.6 is 12.2 Å². The van der Waals surface area contributed by atoms with Crippen LogP contribution in [0.25, 0.3) is 0 Å². The molecule has 0 aliphatic carbocycles. The Kier molecular flexibility index (Phi) is 5.52. The molecule has 0 atom stereocenters. The Balaban J connectivity index is 2.58. The molecule has 0 aromatic carbocycles. The van der Waals surface area contributed by atoms with Crippen LogP contribution in [-0.4, -0.2) is 40.2 Å². The Morgan fingerprint density at radius 3 is 3.00 bits per heavy atom. The van der Waals surface area contributed by atoms with Crippen LogP contribution in [0, 0.1) is 4.77 Å². The summed E-state index contributed by atoms with van der Waals surface area (Å²) < 4.78 is 7.57. The minimum Gasteiger partial charge on any atom is -0.396 e. The lowest BCUT2D eigenvalue weighted by Crippen LogP contribution is -2.08. The van der Waals surface area contributed by atoms with Crippen LogP contribution in [0.3, 0.4) is 0 Å². The molecule has 86 valence electrons. The van der Waals surface area contributed by atoms with Crippen molar-refractivity contribution in [1.29, 1.82) is 0 Å². The molecule has 0 aliphatic heterocycles. The summed E-state index contributed by atoms with van der Waals surface area (Å²) in [6, 6.07) is 0. The van der Waals surface area contributed by atoms with E-state index in [0.29, 0.717) is 11.4 Å². The number of rotatable bonds is 7.